The summed E-state index contributed by atoms with van der Waals surface area (Å²) in [4.78, 5) is 12.4. The highest BCUT2D eigenvalue weighted by atomic mass is 35.5. The minimum atomic E-state index is 0.0913. The highest BCUT2D eigenvalue weighted by Crippen LogP contribution is 2.26. The number of amides is 1. The first-order chi connectivity index (χ1) is 11.1. The number of aromatic nitrogens is 2. The molecule has 1 aromatic carbocycles. The Morgan fingerprint density at radius 2 is 2.00 bits per heavy atom. The fourth-order valence-electron chi connectivity index (χ4n) is 2.97. The summed E-state index contributed by atoms with van der Waals surface area (Å²) < 4.78 is 1.75. The maximum Gasteiger partial charge on any atom is 0.228 e. The van der Waals surface area contributed by atoms with Crippen molar-refractivity contribution in [2.45, 2.75) is 38.6 Å². The minimum absolute atomic E-state index is 0.0913. The molecule has 23 heavy (non-hydrogen) atoms. The quantitative estimate of drug-likeness (QED) is 0.863. The number of nitrogens with zero attached hydrogens (tertiary/aromatic N) is 2. The summed E-state index contributed by atoms with van der Waals surface area (Å²) in [5.74, 6) is 0.909. The second kappa shape index (κ2) is 7.37. The number of benzene rings is 1. The van der Waals surface area contributed by atoms with Gasteiger partial charge in [0.05, 0.1) is 12.7 Å². The molecule has 1 saturated carbocycles. The van der Waals surface area contributed by atoms with Gasteiger partial charge in [-0.1, -0.05) is 48.5 Å². The van der Waals surface area contributed by atoms with Crippen molar-refractivity contribution in [1.82, 2.24) is 9.78 Å². The molecule has 1 N–H and O–H groups in total. The van der Waals surface area contributed by atoms with E-state index in [2.05, 4.69) is 10.4 Å². The van der Waals surface area contributed by atoms with Gasteiger partial charge in [-0.25, -0.2) is 4.68 Å². The summed E-state index contributed by atoms with van der Waals surface area (Å²) in [6.45, 7) is 0.489. The molecule has 4 nitrogen and oxygen atoms in total. The van der Waals surface area contributed by atoms with Crippen LogP contribution in [0, 0.1) is 5.92 Å². The van der Waals surface area contributed by atoms with Crippen LogP contribution in [0.4, 0.5) is 5.82 Å². The van der Waals surface area contributed by atoms with Crippen LogP contribution in [-0.4, -0.2) is 15.7 Å². The molecule has 0 unspecified atom stereocenters. The van der Waals surface area contributed by atoms with Crippen molar-refractivity contribution in [2.75, 3.05) is 5.32 Å². The largest absolute Gasteiger partial charge is 0.311 e. The fraction of sp³-hybridized carbons (Fsp3) is 0.412. The summed E-state index contributed by atoms with van der Waals surface area (Å²) >= 11 is 12.1. The molecule has 1 aliphatic carbocycles. The molecule has 1 aromatic heterocycles. The summed E-state index contributed by atoms with van der Waals surface area (Å²) in [5.41, 5.74) is 0.910. The first-order valence-electron chi connectivity index (χ1n) is 7.90. The molecule has 0 saturated heterocycles. The molecule has 0 spiro atoms. The average molecular weight is 352 g/mol. The third-order valence-corrected chi connectivity index (χ3v) is 4.87. The molecule has 2 aromatic rings. The SMILES string of the molecule is O=C(Nc1ccnn1Cc1ccc(Cl)cc1Cl)C1CCCCC1. The zero-order valence-corrected chi connectivity index (χ0v) is 14.3. The van der Waals surface area contributed by atoms with Gasteiger partial charge in [-0.15, -0.1) is 0 Å². The molecule has 1 fully saturated rings. The normalized spacial score (nSPS) is 15.6. The second-order valence-corrected chi connectivity index (χ2v) is 6.78. The third kappa shape index (κ3) is 4.06. The monoisotopic (exact) mass is 351 g/mol. The van der Waals surface area contributed by atoms with E-state index in [1.165, 1.54) is 6.42 Å². The highest BCUT2D eigenvalue weighted by molar-refractivity contribution is 6.35. The Kier molecular flexibility index (Phi) is 5.23. The first-order valence-corrected chi connectivity index (χ1v) is 8.65. The summed E-state index contributed by atoms with van der Waals surface area (Å²) in [5, 5.41) is 8.48. The van der Waals surface area contributed by atoms with Gasteiger partial charge in [0.2, 0.25) is 5.91 Å². The molecule has 1 heterocycles. The van der Waals surface area contributed by atoms with Gasteiger partial charge in [0.1, 0.15) is 5.82 Å². The molecule has 0 bridgehead atoms. The van der Waals surface area contributed by atoms with Crippen LogP contribution < -0.4 is 5.32 Å². The lowest BCUT2D eigenvalue weighted by Gasteiger charge is -2.21. The Balaban J connectivity index is 1.70. The van der Waals surface area contributed by atoms with Crippen LogP contribution in [-0.2, 0) is 11.3 Å². The lowest BCUT2D eigenvalue weighted by Crippen LogP contribution is -2.26. The van der Waals surface area contributed by atoms with Crippen molar-refractivity contribution >= 4 is 34.9 Å². The van der Waals surface area contributed by atoms with Gasteiger partial charge in [-0.05, 0) is 30.5 Å². The highest BCUT2D eigenvalue weighted by Gasteiger charge is 2.22. The zero-order valence-electron chi connectivity index (χ0n) is 12.8. The average Bonchev–Trinajstić information content (AvgIpc) is 2.98. The topological polar surface area (TPSA) is 46.9 Å². The molecule has 0 aliphatic heterocycles. The lowest BCUT2D eigenvalue weighted by atomic mass is 9.89. The van der Waals surface area contributed by atoms with E-state index in [0.29, 0.717) is 22.4 Å². The Morgan fingerprint density at radius 3 is 2.74 bits per heavy atom. The summed E-state index contributed by atoms with van der Waals surface area (Å²) in [6.07, 6.45) is 7.14. The molecule has 3 rings (SSSR count). The van der Waals surface area contributed by atoms with Gasteiger partial charge in [-0.3, -0.25) is 4.79 Å². The van der Waals surface area contributed by atoms with Crippen molar-refractivity contribution in [3.05, 3.63) is 46.1 Å². The summed E-state index contributed by atoms with van der Waals surface area (Å²) in [6, 6.07) is 7.19. The Hall–Kier alpha value is -1.52. The standard InChI is InChI=1S/C17H19Cl2N3O/c18-14-7-6-13(15(19)10-14)11-22-16(8-9-20-22)21-17(23)12-4-2-1-3-5-12/h6-10,12H,1-5,11H2,(H,21,23). The van der Waals surface area contributed by atoms with E-state index < -0.39 is 0 Å². The van der Waals surface area contributed by atoms with Gasteiger partial charge in [0.15, 0.2) is 0 Å². The molecule has 0 atom stereocenters. The number of hydrogen-bond donors (Lipinski definition) is 1. The van der Waals surface area contributed by atoms with Crippen LogP contribution in [0.5, 0.6) is 0 Å². The van der Waals surface area contributed by atoms with Gasteiger partial charge in [0.25, 0.3) is 0 Å². The van der Waals surface area contributed by atoms with E-state index in [1.54, 1.807) is 23.0 Å². The van der Waals surface area contributed by atoms with Crippen LogP contribution >= 0.6 is 23.2 Å². The maximum atomic E-state index is 12.4. The van der Waals surface area contributed by atoms with Gasteiger partial charge < -0.3 is 5.32 Å². The second-order valence-electron chi connectivity index (χ2n) is 5.93. The van der Waals surface area contributed by atoms with Crippen LogP contribution in [0.2, 0.25) is 10.0 Å². The van der Waals surface area contributed by atoms with Crippen molar-refractivity contribution in [3.63, 3.8) is 0 Å². The molecule has 1 amide bonds. The molecular formula is C17H19Cl2N3O. The van der Waals surface area contributed by atoms with Crippen molar-refractivity contribution in [3.8, 4) is 0 Å². The van der Waals surface area contributed by atoms with Crippen LogP contribution in [0.3, 0.4) is 0 Å². The first kappa shape index (κ1) is 16.3. The maximum absolute atomic E-state index is 12.4. The fourth-order valence-corrected chi connectivity index (χ4v) is 3.44. The number of hydrogen-bond acceptors (Lipinski definition) is 2. The number of rotatable bonds is 4. The Morgan fingerprint density at radius 1 is 1.22 bits per heavy atom. The smallest absolute Gasteiger partial charge is 0.228 e. The van der Waals surface area contributed by atoms with Crippen LogP contribution in [0.1, 0.15) is 37.7 Å². The van der Waals surface area contributed by atoms with E-state index in [0.717, 1.165) is 31.2 Å². The predicted octanol–water partition coefficient (Wildman–Crippen LogP) is 4.76. The van der Waals surface area contributed by atoms with E-state index in [1.807, 2.05) is 12.1 Å². The van der Waals surface area contributed by atoms with Crippen molar-refractivity contribution in [1.29, 1.82) is 0 Å². The number of nitrogens with one attached hydrogen (secondary N) is 1. The Bertz CT molecular complexity index is 693. The Labute approximate surface area is 145 Å². The number of anilines is 1. The molecule has 1 aliphatic rings. The van der Waals surface area contributed by atoms with Gasteiger partial charge in [-0.2, -0.15) is 5.10 Å². The van der Waals surface area contributed by atoms with Gasteiger partial charge >= 0.3 is 0 Å². The van der Waals surface area contributed by atoms with Gasteiger partial charge in [0, 0.05) is 22.0 Å². The summed E-state index contributed by atoms with van der Waals surface area (Å²) in [7, 11) is 0. The van der Waals surface area contributed by atoms with Crippen LogP contribution in [0.25, 0.3) is 0 Å². The van der Waals surface area contributed by atoms with E-state index >= 15 is 0 Å². The van der Waals surface area contributed by atoms with E-state index in [4.69, 9.17) is 23.2 Å². The van der Waals surface area contributed by atoms with E-state index in [9.17, 15) is 4.79 Å². The van der Waals surface area contributed by atoms with E-state index in [-0.39, 0.29) is 11.8 Å². The molecule has 0 radical (unpaired) electrons. The molecule has 6 heteroatoms. The number of carbonyl (C=O) groups excluding carboxylic acids is 1. The number of carbonyl (C=O) groups is 1. The molecule has 122 valence electrons. The third-order valence-electron chi connectivity index (χ3n) is 4.28. The molecular weight excluding hydrogens is 333 g/mol. The van der Waals surface area contributed by atoms with Crippen molar-refractivity contribution in [2.24, 2.45) is 5.92 Å². The van der Waals surface area contributed by atoms with Crippen molar-refractivity contribution < 1.29 is 4.79 Å². The van der Waals surface area contributed by atoms with Crippen LogP contribution in [0.15, 0.2) is 30.5 Å². The predicted molar refractivity (Wildman–Crippen MR) is 93.0 cm³/mol. The zero-order chi connectivity index (χ0) is 16.2. The minimum Gasteiger partial charge on any atom is -0.311 e. The lowest BCUT2D eigenvalue weighted by molar-refractivity contribution is -0.120. The number of halogens is 2.